The van der Waals surface area contributed by atoms with Crippen LogP contribution in [-0.4, -0.2) is 24.0 Å². The third kappa shape index (κ3) is 5.33. The molecule has 1 aromatic heterocycles. The molecule has 0 radical (unpaired) electrons. The average Bonchev–Trinajstić information content (AvgIpc) is 3.07. The number of carbonyl (C=O) groups excluding carboxylic acids is 2. The van der Waals surface area contributed by atoms with Crippen LogP contribution in [0.15, 0.2) is 42.5 Å². The van der Waals surface area contributed by atoms with Gasteiger partial charge in [-0.3, -0.25) is 25.8 Å². The fourth-order valence-electron chi connectivity index (χ4n) is 2.82. The number of fused-ring (bicyclic) bond motifs is 1. The number of ether oxygens (including phenoxy) is 1. The molecular weight excluding hydrogens is 454 g/mol. The molecule has 6 nitrogen and oxygen atoms in total. The molecular formula is C22H22ClN3O3S2. The van der Waals surface area contributed by atoms with E-state index in [-0.39, 0.29) is 16.4 Å². The van der Waals surface area contributed by atoms with Crippen LogP contribution in [0.4, 0.5) is 0 Å². The Hall–Kier alpha value is -2.68. The first-order chi connectivity index (χ1) is 14.6. The number of halogens is 1. The number of benzene rings is 2. The number of amides is 2. The van der Waals surface area contributed by atoms with Crippen LogP contribution in [0.5, 0.6) is 5.75 Å². The largest absolute Gasteiger partial charge is 0.497 e. The number of hydrazine groups is 1. The molecule has 0 atom stereocenters. The standard InChI is InChI=1S/C22H22ClN3O3S2/c1-22(2,3)13-7-5-12(6-8-13)19(27)25-26-21(30)24-20(28)18-17(23)15-10-9-14(29-4)11-16(15)31-18/h5-11H,1-4H3,(H,25,27)(H2,24,26,28,30). The Morgan fingerprint density at radius 1 is 1.03 bits per heavy atom. The number of thiocarbonyl (C=S) groups is 1. The molecule has 0 spiro atoms. The molecule has 162 valence electrons. The Labute approximate surface area is 194 Å². The molecule has 2 aromatic carbocycles. The van der Waals surface area contributed by atoms with Gasteiger partial charge in [0, 0.05) is 15.6 Å². The molecule has 0 aliphatic heterocycles. The van der Waals surface area contributed by atoms with E-state index in [4.69, 9.17) is 28.6 Å². The van der Waals surface area contributed by atoms with E-state index in [9.17, 15) is 9.59 Å². The second-order valence-electron chi connectivity index (χ2n) is 7.80. The predicted octanol–water partition coefficient (Wildman–Crippen LogP) is 4.81. The van der Waals surface area contributed by atoms with Gasteiger partial charge in [0.15, 0.2) is 5.11 Å². The van der Waals surface area contributed by atoms with Gasteiger partial charge in [0.25, 0.3) is 11.8 Å². The SMILES string of the molecule is COc1ccc2c(Cl)c(C(=O)NC(=S)NNC(=O)c3ccc(C(C)(C)C)cc3)sc2c1. The van der Waals surface area contributed by atoms with Crippen LogP contribution in [0.2, 0.25) is 5.02 Å². The van der Waals surface area contributed by atoms with E-state index in [1.807, 2.05) is 18.2 Å². The zero-order valence-electron chi connectivity index (χ0n) is 17.5. The minimum atomic E-state index is -0.466. The van der Waals surface area contributed by atoms with Crippen LogP contribution in [0.1, 0.15) is 46.4 Å². The summed E-state index contributed by atoms with van der Waals surface area (Å²) in [5.74, 6) is -0.164. The molecule has 31 heavy (non-hydrogen) atoms. The topological polar surface area (TPSA) is 79.5 Å². The van der Waals surface area contributed by atoms with Crippen molar-refractivity contribution in [1.29, 1.82) is 0 Å². The van der Waals surface area contributed by atoms with Crippen LogP contribution in [-0.2, 0) is 5.41 Å². The molecule has 0 fully saturated rings. The molecule has 0 saturated carbocycles. The summed E-state index contributed by atoms with van der Waals surface area (Å²) in [6, 6.07) is 12.7. The van der Waals surface area contributed by atoms with Gasteiger partial charge >= 0.3 is 0 Å². The first-order valence-corrected chi connectivity index (χ1v) is 11.0. The molecule has 3 aromatic rings. The van der Waals surface area contributed by atoms with E-state index >= 15 is 0 Å². The van der Waals surface area contributed by atoms with Gasteiger partial charge in [-0.1, -0.05) is 44.5 Å². The summed E-state index contributed by atoms with van der Waals surface area (Å²) in [6.45, 7) is 6.30. The average molecular weight is 476 g/mol. The van der Waals surface area contributed by atoms with Crippen molar-refractivity contribution in [3.8, 4) is 5.75 Å². The van der Waals surface area contributed by atoms with Crippen molar-refractivity contribution in [3.05, 3.63) is 63.5 Å². The second-order valence-corrected chi connectivity index (χ2v) is 9.64. The Balaban J connectivity index is 1.60. The Morgan fingerprint density at radius 2 is 1.71 bits per heavy atom. The monoisotopic (exact) mass is 475 g/mol. The lowest BCUT2D eigenvalue weighted by molar-refractivity contribution is 0.0935. The van der Waals surface area contributed by atoms with E-state index in [2.05, 4.69) is 36.9 Å². The van der Waals surface area contributed by atoms with Gasteiger partial charge in [-0.2, -0.15) is 0 Å². The van der Waals surface area contributed by atoms with E-state index in [0.717, 1.165) is 15.6 Å². The number of carbonyl (C=O) groups is 2. The predicted molar refractivity (Wildman–Crippen MR) is 129 cm³/mol. The number of hydrogen-bond donors (Lipinski definition) is 3. The molecule has 9 heteroatoms. The minimum Gasteiger partial charge on any atom is -0.497 e. The summed E-state index contributed by atoms with van der Waals surface area (Å²) in [7, 11) is 1.57. The first-order valence-electron chi connectivity index (χ1n) is 9.38. The minimum absolute atomic E-state index is 0.00188. The first kappa shape index (κ1) is 23.0. The van der Waals surface area contributed by atoms with Gasteiger partial charge in [0.05, 0.1) is 12.1 Å². The third-order valence-electron chi connectivity index (χ3n) is 4.57. The van der Waals surface area contributed by atoms with E-state index < -0.39 is 5.91 Å². The van der Waals surface area contributed by atoms with Gasteiger partial charge in [-0.25, -0.2) is 0 Å². The third-order valence-corrected chi connectivity index (χ3v) is 6.43. The number of methoxy groups -OCH3 is 1. The van der Waals surface area contributed by atoms with Crippen molar-refractivity contribution in [1.82, 2.24) is 16.2 Å². The maximum Gasteiger partial charge on any atom is 0.269 e. The highest BCUT2D eigenvalue weighted by molar-refractivity contribution is 7.80. The summed E-state index contributed by atoms with van der Waals surface area (Å²) < 4.78 is 6.02. The lowest BCUT2D eigenvalue weighted by Gasteiger charge is -2.19. The van der Waals surface area contributed by atoms with Gasteiger partial charge in [-0.05, 0) is 53.5 Å². The fraction of sp³-hybridized carbons (Fsp3) is 0.227. The maximum atomic E-state index is 12.6. The van der Waals surface area contributed by atoms with E-state index in [1.54, 1.807) is 31.4 Å². The highest BCUT2D eigenvalue weighted by Crippen LogP contribution is 2.37. The van der Waals surface area contributed by atoms with Crippen molar-refractivity contribution in [2.24, 2.45) is 0 Å². The smallest absolute Gasteiger partial charge is 0.269 e. The van der Waals surface area contributed by atoms with Crippen molar-refractivity contribution < 1.29 is 14.3 Å². The molecule has 2 amide bonds. The summed E-state index contributed by atoms with van der Waals surface area (Å²) in [4.78, 5) is 25.2. The van der Waals surface area contributed by atoms with E-state index in [0.29, 0.717) is 21.2 Å². The van der Waals surface area contributed by atoms with Crippen molar-refractivity contribution in [3.63, 3.8) is 0 Å². The van der Waals surface area contributed by atoms with Crippen molar-refractivity contribution in [2.45, 2.75) is 26.2 Å². The van der Waals surface area contributed by atoms with Crippen LogP contribution < -0.4 is 20.9 Å². The Bertz CT molecular complexity index is 1150. The summed E-state index contributed by atoms with van der Waals surface area (Å²) in [6.07, 6.45) is 0. The van der Waals surface area contributed by atoms with Gasteiger partial charge < -0.3 is 4.74 Å². The molecule has 3 N–H and O–H groups in total. The molecule has 1 heterocycles. The van der Waals surface area contributed by atoms with Crippen LogP contribution in [0.25, 0.3) is 10.1 Å². The normalized spacial score (nSPS) is 11.1. The second kappa shape index (κ2) is 9.21. The number of thiophene rings is 1. The van der Waals surface area contributed by atoms with E-state index in [1.165, 1.54) is 11.3 Å². The van der Waals surface area contributed by atoms with Crippen molar-refractivity contribution >= 4 is 62.2 Å². The molecule has 3 rings (SSSR count). The summed E-state index contributed by atoms with van der Waals surface area (Å²) in [5, 5.41) is 3.57. The summed E-state index contributed by atoms with van der Waals surface area (Å²) >= 11 is 12.7. The van der Waals surface area contributed by atoms with Crippen LogP contribution >= 0.6 is 35.2 Å². The number of hydrogen-bond acceptors (Lipinski definition) is 5. The lowest BCUT2D eigenvalue weighted by atomic mass is 9.87. The maximum absolute atomic E-state index is 12.6. The molecule has 0 unspecified atom stereocenters. The van der Waals surface area contributed by atoms with Crippen LogP contribution in [0, 0.1) is 0 Å². The highest BCUT2D eigenvalue weighted by atomic mass is 35.5. The molecule has 0 aliphatic carbocycles. The lowest BCUT2D eigenvalue weighted by Crippen LogP contribution is -2.48. The Morgan fingerprint density at radius 3 is 2.32 bits per heavy atom. The Kier molecular flexibility index (Phi) is 6.83. The molecule has 0 aliphatic rings. The highest BCUT2D eigenvalue weighted by Gasteiger charge is 2.19. The zero-order valence-corrected chi connectivity index (χ0v) is 19.8. The number of rotatable bonds is 3. The summed E-state index contributed by atoms with van der Waals surface area (Å²) in [5.41, 5.74) is 6.61. The van der Waals surface area contributed by atoms with Gasteiger partial charge in [0.1, 0.15) is 10.6 Å². The molecule has 0 bridgehead atoms. The zero-order chi connectivity index (χ0) is 22.8. The van der Waals surface area contributed by atoms with Gasteiger partial charge in [0.2, 0.25) is 0 Å². The van der Waals surface area contributed by atoms with Crippen LogP contribution in [0.3, 0.4) is 0 Å². The number of nitrogens with one attached hydrogen (secondary N) is 3. The van der Waals surface area contributed by atoms with Gasteiger partial charge in [-0.15, -0.1) is 11.3 Å². The van der Waals surface area contributed by atoms with Crippen molar-refractivity contribution in [2.75, 3.05) is 7.11 Å². The molecule has 0 saturated heterocycles. The quantitative estimate of drug-likeness (QED) is 0.374. The fourth-order valence-corrected chi connectivity index (χ4v) is 4.40.